The van der Waals surface area contributed by atoms with Crippen LogP contribution in [-0.4, -0.2) is 24.5 Å². The van der Waals surface area contributed by atoms with Gasteiger partial charge in [0.1, 0.15) is 6.10 Å². The number of hydrogen-bond donors (Lipinski definition) is 2. The maximum absolute atomic E-state index is 11.1. The van der Waals surface area contributed by atoms with E-state index in [0.29, 0.717) is 6.61 Å². The highest BCUT2D eigenvalue weighted by atomic mass is 16.5. The highest BCUT2D eigenvalue weighted by Crippen LogP contribution is 2.10. The fourth-order valence-corrected chi connectivity index (χ4v) is 1.01. The molecule has 68 valence electrons. The molecule has 1 heterocycles. The second kappa shape index (κ2) is 4.06. The second-order valence-corrected chi connectivity index (χ2v) is 2.67. The molecule has 0 saturated carbocycles. The third kappa shape index (κ3) is 2.50. The predicted molar refractivity (Wildman–Crippen MR) is 40.9 cm³/mol. The molecule has 0 aliphatic carbocycles. The molecule has 0 spiro atoms. The molecule has 0 unspecified atom stereocenters. The van der Waals surface area contributed by atoms with Crippen molar-refractivity contribution in [1.82, 2.24) is 10.9 Å². The number of hydrazine groups is 1. The molecule has 2 amide bonds. The van der Waals surface area contributed by atoms with Gasteiger partial charge in [-0.15, -0.1) is 0 Å². The smallest absolute Gasteiger partial charge is 0.267 e. The second-order valence-electron chi connectivity index (χ2n) is 2.67. The summed E-state index contributed by atoms with van der Waals surface area (Å²) in [6.45, 7) is 1.95. The van der Waals surface area contributed by atoms with E-state index < -0.39 is 6.10 Å². The van der Waals surface area contributed by atoms with Gasteiger partial charge in [0.15, 0.2) is 0 Å². The number of rotatable bonds is 1. The summed E-state index contributed by atoms with van der Waals surface area (Å²) in [4.78, 5) is 21.5. The molecule has 1 rings (SSSR count). The average Bonchev–Trinajstić information content (AvgIpc) is 2.51. The third-order valence-corrected chi connectivity index (χ3v) is 1.58. The zero-order chi connectivity index (χ0) is 8.97. The maximum atomic E-state index is 11.1. The number of carbonyl (C=O) groups is 2. The molecular formula is C7H12N2O3. The Labute approximate surface area is 70.4 Å². The van der Waals surface area contributed by atoms with Crippen molar-refractivity contribution >= 4 is 11.8 Å². The zero-order valence-electron chi connectivity index (χ0n) is 6.92. The van der Waals surface area contributed by atoms with Crippen LogP contribution < -0.4 is 10.9 Å². The van der Waals surface area contributed by atoms with Crippen LogP contribution in [0.3, 0.4) is 0 Å². The van der Waals surface area contributed by atoms with Crippen molar-refractivity contribution in [3.63, 3.8) is 0 Å². The van der Waals surface area contributed by atoms with Gasteiger partial charge in [0.05, 0.1) is 0 Å². The molecule has 5 nitrogen and oxygen atoms in total. The molecule has 0 aromatic carbocycles. The fraction of sp³-hybridized carbons (Fsp3) is 0.714. The Bertz CT molecular complexity index is 187. The van der Waals surface area contributed by atoms with Gasteiger partial charge in [-0.3, -0.25) is 20.4 Å². The summed E-state index contributed by atoms with van der Waals surface area (Å²) in [5.41, 5.74) is 4.46. The van der Waals surface area contributed by atoms with Gasteiger partial charge in [-0.25, -0.2) is 0 Å². The van der Waals surface area contributed by atoms with E-state index in [1.807, 2.05) is 0 Å². The number of hydrogen-bond acceptors (Lipinski definition) is 3. The summed E-state index contributed by atoms with van der Waals surface area (Å²) in [6, 6.07) is 0. The Kier molecular flexibility index (Phi) is 3.04. The SMILES string of the molecule is CC(=O)NNC(=O)[C@@H]1CCCO1. The van der Waals surface area contributed by atoms with Gasteiger partial charge in [-0.05, 0) is 12.8 Å². The Hall–Kier alpha value is -1.10. The summed E-state index contributed by atoms with van der Waals surface area (Å²) in [7, 11) is 0. The van der Waals surface area contributed by atoms with Crippen molar-refractivity contribution in [2.45, 2.75) is 25.9 Å². The molecule has 2 N–H and O–H groups in total. The number of amides is 2. The van der Waals surface area contributed by atoms with Crippen LogP contribution in [-0.2, 0) is 14.3 Å². The molecule has 1 atom stereocenters. The van der Waals surface area contributed by atoms with Gasteiger partial charge in [0.2, 0.25) is 5.91 Å². The Balaban J connectivity index is 2.23. The van der Waals surface area contributed by atoms with Crippen molar-refractivity contribution in [1.29, 1.82) is 0 Å². The van der Waals surface area contributed by atoms with Crippen molar-refractivity contribution in [3.8, 4) is 0 Å². The van der Waals surface area contributed by atoms with Gasteiger partial charge < -0.3 is 4.74 Å². The van der Waals surface area contributed by atoms with E-state index in [-0.39, 0.29) is 11.8 Å². The summed E-state index contributed by atoms with van der Waals surface area (Å²) in [5.74, 6) is -0.566. The minimum Gasteiger partial charge on any atom is -0.368 e. The molecule has 0 bridgehead atoms. The lowest BCUT2D eigenvalue weighted by Gasteiger charge is -2.09. The summed E-state index contributed by atoms with van der Waals surface area (Å²) >= 11 is 0. The van der Waals surface area contributed by atoms with Crippen LogP contribution in [0.2, 0.25) is 0 Å². The maximum Gasteiger partial charge on any atom is 0.267 e. The van der Waals surface area contributed by atoms with Gasteiger partial charge >= 0.3 is 0 Å². The molecule has 1 saturated heterocycles. The van der Waals surface area contributed by atoms with Crippen molar-refractivity contribution in [3.05, 3.63) is 0 Å². The van der Waals surface area contributed by atoms with E-state index >= 15 is 0 Å². The topological polar surface area (TPSA) is 67.4 Å². The number of carbonyl (C=O) groups excluding carboxylic acids is 2. The van der Waals surface area contributed by atoms with E-state index in [1.165, 1.54) is 6.92 Å². The highest BCUT2D eigenvalue weighted by molar-refractivity contribution is 5.83. The summed E-state index contributed by atoms with van der Waals surface area (Å²) in [6.07, 6.45) is 1.24. The first kappa shape index (κ1) is 8.99. The standard InChI is InChI=1S/C7H12N2O3/c1-5(10)8-9-7(11)6-3-2-4-12-6/h6H,2-4H2,1H3,(H,8,10)(H,9,11)/t6-/m0/s1. The minimum atomic E-state index is -0.392. The molecule has 0 aromatic rings. The van der Waals surface area contributed by atoms with Crippen molar-refractivity contribution < 1.29 is 14.3 Å². The monoisotopic (exact) mass is 172 g/mol. The molecule has 1 fully saturated rings. The lowest BCUT2D eigenvalue weighted by molar-refractivity contribution is -0.134. The first-order valence-corrected chi connectivity index (χ1v) is 3.88. The third-order valence-electron chi connectivity index (χ3n) is 1.58. The molecular weight excluding hydrogens is 160 g/mol. The first-order chi connectivity index (χ1) is 5.70. The Morgan fingerprint density at radius 1 is 1.42 bits per heavy atom. The average molecular weight is 172 g/mol. The van der Waals surface area contributed by atoms with E-state index in [0.717, 1.165) is 12.8 Å². The molecule has 5 heteroatoms. The normalized spacial score (nSPS) is 21.9. The largest absolute Gasteiger partial charge is 0.368 e. The van der Waals surface area contributed by atoms with Crippen LogP contribution in [0.4, 0.5) is 0 Å². The van der Waals surface area contributed by atoms with Crippen LogP contribution in [0.1, 0.15) is 19.8 Å². The van der Waals surface area contributed by atoms with E-state index in [4.69, 9.17) is 4.74 Å². The van der Waals surface area contributed by atoms with E-state index in [9.17, 15) is 9.59 Å². The molecule has 1 aliphatic rings. The van der Waals surface area contributed by atoms with Gasteiger partial charge in [0, 0.05) is 13.5 Å². The van der Waals surface area contributed by atoms with Crippen LogP contribution in [0.25, 0.3) is 0 Å². The van der Waals surface area contributed by atoms with Gasteiger partial charge in [-0.2, -0.15) is 0 Å². The van der Waals surface area contributed by atoms with Crippen LogP contribution in [0, 0.1) is 0 Å². The number of ether oxygens (including phenoxy) is 1. The lowest BCUT2D eigenvalue weighted by Crippen LogP contribution is -2.45. The van der Waals surface area contributed by atoms with Gasteiger partial charge in [0.25, 0.3) is 5.91 Å². The van der Waals surface area contributed by atoms with E-state index in [2.05, 4.69) is 10.9 Å². The van der Waals surface area contributed by atoms with Crippen LogP contribution in [0.15, 0.2) is 0 Å². The van der Waals surface area contributed by atoms with E-state index in [1.54, 1.807) is 0 Å². The fourth-order valence-electron chi connectivity index (χ4n) is 1.01. The highest BCUT2D eigenvalue weighted by Gasteiger charge is 2.23. The number of nitrogens with one attached hydrogen (secondary N) is 2. The summed E-state index contributed by atoms with van der Waals surface area (Å²) in [5, 5.41) is 0. The van der Waals surface area contributed by atoms with Crippen molar-refractivity contribution in [2.75, 3.05) is 6.61 Å². The molecule has 0 aromatic heterocycles. The molecule has 0 radical (unpaired) electrons. The van der Waals surface area contributed by atoms with Crippen molar-refractivity contribution in [2.24, 2.45) is 0 Å². The summed E-state index contributed by atoms with van der Waals surface area (Å²) < 4.78 is 5.08. The quantitative estimate of drug-likeness (QED) is 0.515. The Morgan fingerprint density at radius 2 is 2.17 bits per heavy atom. The predicted octanol–water partition coefficient (Wildman–Crippen LogP) is -0.667. The first-order valence-electron chi connectivity index (χ1n) is 3.88. The molecule has 1 aliphatic heterocycles. The lowest BCUT2D eigenvalue weighted by atomic mass is 10.2. The van der Waals surface area contributed by atoms with Crippen LogP contribution >= 0.6 is 0 Å². The van der Waals surface area contributed by atoms with Crippen LogP contribution in [0.5, 0.6) is 0 Å². The van der Waals surface area contributed by atoms with Gasteiger partial charge in [-0.1, -0.05) is 0 Å². The Morgan fingerprint density at radius 3 is 2.67 bits per heavy atom. The minimum absolute atomic E-state index is 0.275. The zero-order valence-corrected chi connectivity index (χ0v) is 6.92. The molecule has 12 heavy (non-hydrogen) atoms.